The van der Waals surface area contributed by atoms with Crippen molar-refractivity contribution >= 4 is 17.8 Å². The van der Waals surface area contributed by atoms with Crippen LogP contribution in [0.1, 0.15) is 5.56 Å². The number of nitrogens with two attached hydrogens (primary N) is 1. The molecule has 1 unspecified atom stereocenters. The molecule has 0 bridgehead atoms. The summed E-state index contributed by atoms with van der Waals surface area (Å²) in [4.78, 5) is 24.7. The molecule has 1 aliphatic heterocycles. The number of nitrogens with zero attached hydrogens (tertiary/aromatic N) is 1. The summed E-state index contributed by atoms with van der Waals surface area (Å²) < 4.78 is 5.06. The molecule has 1 saturated heterocycles. The molecule has 1 heterocycles. The van der Waals surface area contributed by atoms with Gasteiger partial charge in [-0.15, -0.1) is 0 Å². The summed E-state index contributed by atoms with van der Waals surface area (Å²) in [6.45, 7) is 0.457. The molecule has 1 aromatic carbocycles. The van der Waals surface area contributed by atoms with Crippen molar-refractivity contribution in [3.8, 4) is 5.75 Å². The molecular formula is C13H16N4O3. The highest BCUT2D eigenvalue weighted by molar-refractivity contribution is 6.08. The highest BCUT2D eigenvalue weighted by Gasteiger charge is 2.33. The van der Waals surface area contributed by atoms with Gasteiger partial charge in [-0.1, -0.05) is 12.1 Å². The van der Waals surface area contributed by atoms with Gasteiger partial charge in [0, 0.05) is 13.1 Å². The molecule has 3 amide bonds. The van der Waals surface area contributed by atoms with E-state index in [-0.39, 0.29) is 12.4 Å². The molecule has 7 nitrogen and oxygen atoms in total. The van der Waals surface area contributed by atoms with Crippen LogP contribution in [0.5, 0.6) is 5.75 Å². The van der Waals surface area contributed by atoms with Crippen molar-refractivity contribution in [2.45, 2.75) is 6.54 Å². The van der Waals surface area contributed by atoms with Crippen molar-refractivity contribution in [2.24, 2.45) is 11.7 Å². The van der Waals surface area contributed by atoms with Crippen molar-refractivity contribution in [2.75, 3.05) is 13.7 Å². The smallest absolute Gasteiger partial charge is 0.324 e. The van der Waals surface area contributed by atoms with Crippen LogP contribution in [-0.2, 0) is 11.3 Å². The highest BCUT2D eigenvalue weighted by atomic mass is 16.5. The van der Waals surface area contributed by atoms with Crippen molar-refractivity contribution in [1.29, 1.82) is 5.41 Å². The molecule has 0 aromatic heterocycles. The lowest BCUT2D eigenvalue weighted by molar-refractivity contribution is -0.123. The second-order valence-corrected chi connectivity index (χ2v) is 4.53. The van der Waals surface area contributed by atoms with E-state index >= 15 is 0 Å². The van der Waals surface area contributed by atoms with Gasteiger partial charge in [0.05, 0.1) is 7.11 Å². The summed E-state index contributed by atoms with van der Waals surface area (Å²) in [5.74, 6) is -0.817. The lowest BCUT2D eigenvalue weighted by Gasteiger charge is -2.31. The van der Waals surface area contributed by atoms with E-state index in [1.54, 1.807) is 19.2 Å². The predicted octanol–water partition coefficient (Wildman–Crippen LogP) is 0.299. The van der Waals surface area contributed by atoms with Crippen LogP contribution in [0.2, 0.25) is 0 Å². The Morgan fingerprint density at radius 3 is 2.65 bits per heavy atom. The van der Waals surface area contributed by atoms with E-state index in [1.165, 1.54) is 4.90 Å². The Balaban J connectivity index is 2.08. The van der Waals surface area contributed by atoms with E-state index in [4.69, 9.17) is 15.9 Å². The van der Waals surface area contributed by atoms with Gasteiger partial charge in [0.1, 0.15) is 17.5 Å². The number of hydrogen-bond donors (Lipinski definition) is 3. The number of carbonyl (C=O) groups is 2. The van der Waals surface area contributed by atoms with Crippen LogP contribution >= 0.6 is 0 Å². The first kappa shape index (κ1) is 13.9. The van der Waals surface area contributed by atoms with Crippen molar-refractivity contribution in [1.82, 2.24) is 10.2 Å². The Hall–Kier alpha value is -2.57. The molecule has 0 spiro atoms. The average molecular weight is 276 g/mol. The van der Waals surface area contributed by atoms with E-state index in [2.05, 4.69) is 5.32 Å². The molecule has 7 heteroatoms. The third kappa shape index (κ3) is 2.87. The van der Waals surface area contributed by atoms with Gasteiger partial charge in [-0.2, -0.15) is 0 Å². The number of rotatable bonds is 4. The standard InChI is InChI=1S/C13H16N4O3/c1-20-9-4-2-8(3-5-9)6-17-7-10(11(14)15)12(18)16-13(17)19/h2-5,10H,6-7H2,1H3,(H3,14,15)(H,16,18,19). The van der Waals surface area contributed by atoms with Crippen LogP contribution in [-0.4, -0.2) is 36.3 Å². The van der Waals surface area contributed by atoms with E-state index in [1.807, 2.05) is 12.1 Å². The number of imide groups is 1. The monoisotopic (exact) mass is 276 g/mol. The zero-order chi connectivity index (χ0) is 14.7. The van der Waals surface area contributed by atoms with E-state index in [0.29, 0.717) is 6.54 Å². The molecule has 20 heavy (non-hydrogen) atoms. The Morgan fingerprint density at radius 1 is 1.45 bits per heavy atom. The van der Waals surface area contributed by atoms with Gasteiger partial charge in [-0.3, -0.25) is 15.5 Å². The zero-order valence-electron chi connectivity index (χ0n) is 11.1. The maximum atomic E-state index is 11.8. The second-order valence-electron chi connectivity index (χ2n) is 4.53. The quantitative estimate of drug-likeness (QED) is 0.542. The van der Waals surface area contributed by atoms with E-state index in [9.17, 15) is 9.59 Å². The van der Waals surface area contributed by atoms with Crippen LogP contribution in [0.25, 0.3) is 0 Å². The Kier molecular flexibility index (Phi) is 3.88. The zero-order valence-corrected chi connectivity index (χ0v) is 11.1. The molecule has 4 N–H and O–H groups in total. The number of nitrogens with one attached hydrogen (secondary N) is 2. The maximum Gasteiger partial charge on any atom is 0.324 e. The summed E-state index contributed by atoms with van der Waals surface area (Å²) in [6, 6.07) is 6.80. The highest BCUT2D eigenvalue weighted by Crippen LogP contribution is 2.16. The van der Waals surface area contributed by atoms with Gasteiger partial charge in [0.15, 0.2) is 0 Å². The Morgan fingerprint density at radius 2 is 2.10 bits per heavy atom. The van der Waals surface area contributed by atoms with Crippen LogP contribution in [0.4, 0.5) is 4.79 Å². The van der Waals surface area contributed by atoms with Crippen LogP contribution in [0.3, 0.4) is 0 Å². The van der Waals surface area contributed by atoms with Gasteiger partial charge in [-0.05, 0) is 17.7 Å². The van der Waals surface area contributed by atoms with Crippen molar-refractivity contribution < 1.29 is 14.3 Å². The number of amides is 3. The first-order valence-corrected chi connectivity index (χ1v) is 6.08. The number of benzene rings is 1. The SMILES string of the molecule is COc1ccc(CN2CC(C(=N)N)C(=O)NC2=O)cc1. The second kappa shape index (κ2) is 5.60. The largest absolute Gasteiger partial charge is 0.497 e. The fraction of sp³-hybridized carbons (Fsp3) is 0.308. The number of ether oxygens (including phenoxy) is 1. The first-order valence-electron chi connectivity index (χ1n) is 6.08. The van der Waals surface area contributed by atoms with Gasteiger partial charge in [0.2, 0.25) is 5.91 Å². The molecule has 0 saturated carbocycles. The Bertz CT molecular complexity index is 541. The number of carbonyl (C=O) groups excluding carboxylic acids is 2. The minimum atomic E-state index is -0.786. The molecule has 1 aliphatic rings. The first-order chi connectivity index (χ1) is 9.51. The third-order valence-electron chi connectivity index (χ3n) is 3.14. The molecule has 1 aromatic rings. The molecular weight excluding hydrogens is 260 g/mol. The molecule has 0 radical (unpaired) electrons. The van der Waals surface area contributed by atoms with Crippen molar-refractivity contribution in [3.05, 3.63) is 29.8 Å². The van der Waals surface area contributed by atoms with Crippen LogP contribution < -0.4 is 15.8 Å². The van der Waals surface area contributed by atoms with E-state index < -0.39 is 17.9 Å². The average Bonchev–Trinajstić information content (AvgIpc) is 2.42. The summed E-state index contributed by atoms with van der Waals surface area (Å²) >= 11 is 0. The Labute approximate surface area is 116 Å². The third-order valence-corrected chi connectivity index (χ3v) is 3.14. The van der Waals surface area contributed by atoms with Crippen LogP contribution in [0.15, 0.2) is 24.3 Å². The van der Waals surface area contributed by atoms with Gasteiger partial charge < -0.3 is 15.4 Å². The summed E-state index contributed by atoms with van der Waals surface area (Å²) in [7, 11) is 1.58. The molecule has 0 aliphatic carbocycles. The number of hydrogen-bond acceptors (Lipinski definition) is 4. The molecule has 1 fully saturated rings. The number of methoxy groups -OCH3 is 1. The molecule has 106 valence electrons. The minimum absolute atomic E-state index is 0.117. The topological polar surface area (TPSA) is 109 Å². The molecule has 2 rings (SSSR count). The van der Waals surface area contributed by atoms with Gasteiger partial charge in [0.25, 0.3) is 0 Å². The number of amidine groups is 1. The lowest BCUT2D eigenvalue weighted by atomic mass is 10.0. The number of urea groups is 1. The van der Waals surface area contributed by atoms with Crippen LogP contribution in [0, 0.1) is 11.3 Å². The molecule has 1 atom stereocenters. The summed E-state index contributed by atoms with van der Waals surface area (Å²) in [6.07, 6.45) is 0. The lowest BCUT2D eigenvalue weighted by Crippen LogP contribution is -2.57. The predicted molar refractivity (Wildman–Crippen MR) is 72.3 cm³/mol. The summed E-state index contributed by atoms with van der Waals surface area (Å²) in [5.41, 5.74) is 6.27. The summed E-state index contributed by atoms with van der Waals surface area (Å²) in [5, 5.41) is 9.58. The van der Waals surface area contributed by atoms with Gasteiger partial charge in [-0.25, -0.2) is 4.79 Å². The van der Waals surface area contributed by atoms with E-state index in [0.717, 1.165) is 11.3 Å². The van der Waals surface area contributed by atoms with Gasteiger partial charge >= 0.3 is 6.03 Å². The van der Waals surface area contributed by atoms with Crippen molar-refractivity contribution in [3.63, 3.8) is 0 Å². The fourth-order valence-electron chi connectivity index (χ4n) is 1.99. The normalized spacial score (nSPS) is 18.6. The minimum Gasteiger partial charge on any atom is -0.497 e. The fourth-order valence-corrected chi connectivity index (χ4v) is 1.99. The maximum absolute atomic E-state index is 11.8.